The molecular weight excluding hydrogens is 368 g/mol. The Morgan fingerprint density at radius 2 is 1.32 bits per heavy atom. The molecule has 3 rings (SSSR count). The molecule has 0 spiro atoms. The van der Waals surface area contributed by atoms with Gasteiger partial charge in [0, 0.05) is 0 Å². The first-order valence-electron chi connectivity index (χ1n) is 9.36. The Hall–Kier alpha value is -2.43. The normalized spacial score (nSPS) is 12.1. The summed E-state index contributed by atoms with van der Waals surface area (Å²) in [6, 6.07) is 25.0. The molecule has 0 N–H and O–H groups in total. The predicted octanol–water partition coefficient (Wildman–Crippen LogP) is 5.64. The summed E-state index contributed by atoms with van der Waals surface area (Å²) in [7, 11) is -3.79. The fourth-order valence-electron chi connectivity index (χ4n) is 3.06. The summed E-state index contributed by atoms with van der Waals surface area (Å²) in [6.07, 6.45) is 0.746. The van der Waals surface area contributed by atoms with Crippen molar-refractivity contribution in [2.24, 2.45) is 5.41 Å². The molecule has 4 heteroatoms. The number of hydrogen-bond donors (Lipinski definition) is 0. The Balaban J connectivity index is 1.68. The van der Waals surface area contributed by atoms with Crippen molar-refractivity contribution in [2.75, 3.05) is 6.61 Å². The first-order chi connectivity index (χ1) is 13.3. The van der Waals surface area contributed by atoms with Gasteiger partial charge < -0.3 is 0 Å². The Kier molecular flexibility index (Phi) is 6.01. The van der Waals surface area contributed by atoms with Crippen molar-refractivity contribution in [2.45, 2.75) is 32.1 Å². The molecule has 3 nitrogen and oxygen atoms in total. The van der Waals surface area contributed by atoms with Gasteiger partial charge in [0.2, 0.25) is 0 Å². The van der Waals surface area contributed by atoms with E-state index >= 15 is 0 Å². The molecule has 0 radical (unpaired) electrons. The van der Waals surface area contributed by atoms with Gasteiger partial charge in [-0.2, -0.15) is 8.42 Å². The van der Waals surface area contributed by atoms with E-state index < -0.39 is 10.1 Å². The van der Waals surface area contributed by atoms with Gasteiger partial charge in [-0.3, -0.25) is 4.18 Å². The lowest BCUT2D eigenvalue weighted by Crippen LogP contribution is -2.24. The Morgan fingerprint density at radius 1 is 0.786 bits per heavy atom. The maximum absolute atomic E-state index is 12.6. The fraction of sp³-hybridized carbons (Fsp3) is 0.250. The van der Waals surface area contributed by atoms with Crippen molar-refractivity contribution in [1.29, 1.82) is 0 Å². The van der Waals surface area contributed by atoms with Gasteiger partial charge in [0.05, 0.1) is 11.5 Å². The van der Waals surface area contributed by atoms with E-state index in [1.807, 2.05) is 87.5 Å². The van der Waals surface area contributed by atoms with Crippen LogP contribution in [0.25, 0.3) is 11.1 Å². The number of hydrogen-bond acceptors (Lipinski definition) is 3. The summed E-state index contributed by atoms with van der Waals surface area (Å²) in [5, 5.41) is 0. The van der Waals surface area contributed by atoms with E-state index in [2.05, 4.69) is 0 Å². The van der Waals surface area contributed by atoms with Crippen molar-refractivity contribution in [3.8, 4) is 11.1 Å². The lowest BCUT2D eigenvalue weighted by atomic mass is 9.87. The van der Waals surface area contributed by atoms with Gasteiger partial charge in [-0.05, 0) is 47.6 Å². The summed E-state index contributed by atoms with van der Waals surface area (Å²) >= 11 is 0. The highest BCUT2D eigenvalue weighted by atomic mass is 32.2. The summed E-state index contributed by atoms with van der Waals surface area (Å²) < 4.78 is 30.6. The third-order valence-electron chi connectivity index (χ3n) is 4.66. The van der Waals surface area contributed by atoms with Gasteiger partial charge in [-0.1, -0.05) is 86.1 Å². The molecule has 28 heavy (non-hydrogen) atoms. The second-order valence-corrected chi connectivity index (χ2v) is 9.55. The van der Waals surface area contributed by atoms with Gasteiger partial charge in [0.25, 0.3) is 10.1 Å². The SMILES string of the molecule is Cc1ccc(-c2ccc(S(=O)(=O)OCC(C)(C)Cc3ccccc3)cc2)cc1. The van der Waals surface area contributed by atoms with E-state index in [1.54, 1.807) is 12.1 Å². The number of benzene rings is 3. The van der Waals surface area contributed by atoms with E-state index in [-0.39, 0.29) is 16.9 Å². The molecule has 3 aromatic rings. The monoisotopic (exact) mass is 394 g/mol. The number of rotatable bonds is 7. The van der Waals surface area contributed by atoms with Crippen LogP contribution >= 0.6 is 0 Å². The Bertz CT molecular complexity index is 1000. The molecule has 0 unspecified atom stereocenters. The van der Waals surface area contributed by atoms with E-state index in [9.17, 15) is 8.42 Å². The summed E-state index contributed by atoms with van der Waals surface area (Å²) in [6.45, 7) is 6.19. The smallest absolute Gasteiger partial charge is 0.266 e. The van der Waals surface area contributed by atoms with E-state index in [1.165, 1.54) is 5.56 Å². The van der Waals surface area contributed by atoms with Crippen LogP contribution in [0.2, 0.25) is 0 Å². The van der Waals surface area contributed by atoms with Crippen molar-refractivity contribution >= 4 is 10.1 Å². The van der Waals surface area contributed by atoms with Gasteiger partial charge in [-0.15, -0.1) is 0 Å². The van der Waals surface area contributed by atoms with Gasteiger partial charge in [0.1, 0.15) is 0 Å². The zero-order valence-electron chi connectivity index (χ0n) is 16.6. The molecule has 0 heterocycles. The molecule has 0 saturated carbocycles. The minimum atomic E-state index is -3.79. The zero-order chi connectivity index (χ0) is 20.2. The Labute approximate surface area is 168 Å². The van der Waals surface area contributed by atoms with Crippen LogP contribution < -0.4 is 0 Å². The van der Waals surface area contributed by atoms with E-state index in [0.29, 0.717) is 0 Å². The van der Waals surface area contributed by atoms with Crippen LogP contribution in [0.1, 0.15) is 25.0 Å². The standard InChI is InChI=1S/C24H26O3S/c1-19-9-11-21(12-10-19)22-13-15-23(16-14-22)28(25,26)27-18-24(2,3)17-20-7-5-4-6-8-20/h4-16H,17-18H2,1-3H3. The molecule has 0 aliphatic heterocycles. The molecule has 146 valence electrons. The van der Waals surface area contributed by atoms with E-state index in [4.69, 9.17) is 4.18 Å². The molecule has 0 aromatic heterocycles. The Morgan fingerprint density at radius 3 is 1.89 bits per heavy atom. The van der Waals surface area contributed by atoms with Crippen molar-refractivity contribution in [1.82, 2.24) is 0 Å². The third kappa shape index (κ3) is 5.31. The average Bonchev–Trinajstić information content (AvgIpc) is 2.68. The summed E-state index contributed by atoms with van der Waals surface area (Å²) in [5.74, 6) is 0. The minimum Gasteiger partial charge on any atom is -0.266 e. The van der Waals surface area contributed by atoms with Crippen LogP contribution in [0.4, 0.5) is 0 Å². The van der Waals surface area contributed by atoms with Crippen LogP contribution in [0, 0.1) is 12.3 Å². The molecule has 0 amide bonds. The van der Waals surface area contributed by atoms with Gasteiger partial charge in [-0.25, -0.2) is 0 Å². The molecular formula is C24H26O3S. The number of aryl methyl sites for hydroxylation is 1. The van der Waals surface area contributed by atoms with Gasteiger partial charge in [0.15, 0.2) is 0 Å². The van der Waals surface area contributed by atoms with E-state index in [0.717, 1.165) is 23.1 Å². The summed E-state index contributed by atoms with van der Waals surface area (Å²) in [5.41, 5.74) is 4.09. The zero-order valence-corrected chi connectivity index (χ0v) is 17.4. The second-order valence-electron chi connectivity index (χ2n) is 7.93. The van der Waals surface area contributed by atoms with Crippen molar-refractivity contribution in [3.05, 3.63) is 90.0 Å². The molecule has 0 aliphatic rings. The minimum absolute atomic E-state index is 0.129. The third-order valence-corrected chi connectivity index (χ3v) is 5.94. The summed E-state index contributed by atoms with van der Waals surface area (Å²) in [4.78, 5) is 0.180. The quantitative estimate of drug-likeness (QED) is 0.487. The molecule has 0 atom stereocenters. The van der Waals surface area contributed by atoms with Crippen LogP contribution in [-0.4, -0.2) is 15.0 Å². The topological polar surface area (TPSA) is 43.4 Å². The van der Waals surface area contributed by atoms with Crippen molar-refractivity contribution in [3.63, 3.8) is 0 Å². The van der Waals surface area contributed by atoms with Crippen LogP contribution in [-0.2, 0) is 20.7 Å². The van der Waals surface area contributed by atoms with Crippen LogP contribution in [0.3, 0.4) is 0 Å². The van der Waals surface area contributed by atoms with Crippen molar-refractivity contribution < 1.29 is 12.6 Å². The predicted molar refractivity (Wildman–Crippen MR) is 114 cm³/mol. The molecule has 3 aromatic carbocycles. The largest absolute Gasteiger partial charge is 0.296 e. The highest BCUT2D eigenvalue weighted by Gasteiger charge is 2.24. The maximum Gasteiger partial charge on any atom is 0.296 e. The molecule has 0 saturated heterocycles. The first kappa shape index (κ1) is 20.3. The average molecular weight is 395 g/mol. The van der Waals surface area contributed by atoms with Gasteiger partial charge >= 0.3 is 0 Å². The molecule has 0 aliphatic carbocycles. The van der Waals surface area contributed by atoms with Crippen LogP contribution in [0.15, 0.2) is 83.8 Å². The van der Waals surface area contributed by atoms with Crippen LogP contribution in [0.5, 0.6) is 0 Å². The fourth-order valence-corrected chi connectivity index (χ4v) is 4.14. The first-order valence-corrected chi connectivity index (χ1v) is 10.8. The highest BCUT2D eigenvalue weighted by molar-refractivity contribution is 7.86. The maximum atomic E-state index is 12.6. The second kappa shape index (κ2) is 8.29. The lowest BCUT2D eigenvalue weighted by Gasteiger charge is -2.24. The molecule has 0 fully saturated rings. The highest BCUT2D eigenvalue weighted by Crippen LogP contribution is 2.26. The molecule has 0 bridgehead atoms. The lowest BCUT2D eigenvalue weighted by molar-refractivity contribution is 0.185.